The van der Waals surface area contributed by atoms with Gasteiger partial charge in [-0.15, -0.1) is 0 Å². The van der Waals surface area contributed by atoms with Crippen LogP contribution in [0.4, 0.5) is 0 Å². The van der Waals surface area contributed by atoms with Crippen LogP contribution in [-0.4, -0.2) is 18.1 Å². The molecule has 0 aliphatic heterocycles. The quantitative estimate of drug-likeness (QED) is 0.699. The Balaban J connectivity index is 2.36. The fourth-order valence-corrected chi connectivity index (χ4v) is 1.68. The first-order valence-electron chi connectivity index (χ1n) is 4.52. The Morgan fingerprint density at radius 1 is 1.46 bits per heavy atom. The van der Waals surface area contributed by atoms with Crippen LogP contribution >= 0.6 is 0 Å². The van der Waals surface area contributed by atoms with E-state index in [0.29, 0.717) is 5.69 Å². The fourth-order valence-electron chi connectivity index (χ4n) is 1.68. The number of rotatable bonds is 1. The van der Waals surface area contributed by atoms with Crippen molar-refractivity contribution in [2.75, 3.05) is 7.05 Å². The normalized spacial score (nSPS) is 15.2. The van der Waals surface area contributed by atoms with Crippen LogP contribution in [0.1, 0.15) is 34.7 Å². The molecule has 1 amide bonds. The number of nitrogens with one attached hydrogen (secondary N) is 1. The third-order valence-corrected chi connectivity index (χ3v) is 2.39. The number of fused-ring (bicyclic) bond motifs is 1. The lowest BCUT2D eigenvalue weighted by Crippen LogP contribution is -2.20. The summed E-state index contributed by atoms with van der Waals surface area (Å²) in [6.07, 6.45) is 4.09. The minimum absolute atomic E-state index is 0.146. The molecule has 1 N–H and O–H groups in total. The zero-order valence-corrected chi connectivity index (χ0v) is 7.59. The molecule has 0 atom stereocenters. The monoisotopic (exact) mass is 180 g/mol. The van der Waals surface area contributed by atoms with Gasteiger partial charge in [-0.1, -0.05) is 5.16 Å². The SMILES string of the molecule is CNC(=O)c1noc2c1CCCC2. The van der Waals surface area contributed by atoms with E-state index in [1.54, 1.807) is 7.05 Å². The summed E-state index contributed by atoms with van der Waals surface area (Å²) < 4.78 is 5.10. The second-order valence-corrected chi connectivity index (χ2v) is 3.22. The highest BCUT2D eigenvalue weighted by molar-refractivity contribution is 5.93. The molecule has 2 rings (SSSR count). The zero-order chi connectivity index (χ0) is 9.26. The van der Waals surface area contributed by atoms with Gasteiger partial charge in [-0.25, -0.2) is 0 Å². The molecule has 4 nitrogen and oxygen atoms in total. The first-order valence-corrected chi connectivity index (χ1v) is 4.52. The van der Waals surface area contributed by atoms with Crippen molar-refractivity contribution >= 4 is 5.91 Å². The molecule has 1 aliphatic carbocycles. The Morgan fingerprint density at radius 2 is 2.23 bits per heavy atom. The van der Waals surface area contributed by atoms with Crippen LogP contribution in [0, 0.1) is 0 Å². The summed E-state index contributed by atoms with van der Waals surface area (Å²) in [6, 6.07) is 0. The number of amides is 1. The van der Waals surface area contributed by atoms with E-state index in [4.69, 9.17) is 4.52 Å². The van der Waals surface area contributed by atoms with Crippen molar-refractivity contribution in [2.45, 2.75) is 25.7 Å². The summed E-state index contributed by atoms with van der Waals surface area (Å²) in [5, 5.41) is 6.34. The van der Waals surface area contributed by atoms with Gasteiger partial charge in [0.25, 0.3) is 5.91 Å². The average Bonchev–Trinajstić information content (AvgIpc) is 2.60. The van der Waals surface area contributed by atoms with Gasteiger partial charge in [0, 0.05) is 19.0 Å². The highest BCUT2D eigenvalue weighted by Gasteiger charge is 2.22. The molecule has 0 saturated carbocycles. The molecular formula is C9H12N2O2. The Kier molecular flexibility index (Phi) is 2.04. The summed E-state index contributed by atoms with van der Waals surface area (Å²) in [7, 11) is 1.60. The van der Waals surface area contributed by atoms with Gasteiger partial charge >= 0.3 is 0 Å². The van der Waals surface area contributed by atoms with Crippen LogP contribution in [0.25, 0.3) is 0 Å². The van der Waals surface area contributed by atoms with E-state index >= 15 is 0 Å². The molecular weight excluding hydrogens is 168 g/mol. The van der Waals surface area contributed by atoms with E-state index in [-0.39, 0.29) is 5.91 Å². The van der Waals surface area contributed by atoms with Crippen LogP contribution in [-0.2, 0) is 12.8 Å². The molecule has 1 aromatic rings. The molecule has 0 bridgehead atoms. The number of carbonyl (C=O) groups is 1. The molecule has 0 spiro atoms. The van der Waals surface area contributed by atoms with E-state index in [1.807, 2.05) is 0 Å². The van der Waals surface area contributed by atoms with Crippen molar-refractivity contribution in [3.05, 3.63) is 17.0 Å². The summed E-state index contributed by atoms with van der Waals surface area (Å²) in [6.45, 7) is 0. The van der Waals surface area contributed by atoms with Gasteiger partial charge in [-0.3, -0.25) is 4.79 Å². The Morgan fingerprint density at radius 3 is 3.00 bits per heavy atom. The highest BCUT2D eigenvalue weighted by atomic mass is 16.5. The lowest BCUT2D eigenvalue weighted by Gasteiger charge is -2.08. The van der Waals surface area contributed by atoms with Crippen molar-refractivity contribution in [3.63, 3.8) is 0 Å². The molecule has 0 radical (unpaired) electrons. The number of aromatic nitrogens is 1. The predicted molar refractivity (Wildman–Crippen MR) is 46.5 cm³/mol. The number of aryl methyl sites for hydroxylation is 1. The molecule has 1 heterocycles. The summed E-state index contributed by atoms with van der Waals surface area (Å²) in [5.41, 5.74) is 1.47. The van der Waals surface area contributed by atoms with Crippen LogP contribution in [0.3, 0.4) is 0 Å². The second kappa shape index (κ2) is 3.20. The molecule has 1 aliphatic rings. The maximum Gasteiger partial charge on any atom is 0.273 e. The van der Waals surface area contributed by atoms with Crippen LogP contribution < -0.4 is 5.32 Å². The van der Waals surface area contributed by atoms with Crippen molar-refractivity contribution < 1.29 is 9.32 Å². The first kappa shape index (κ1) is 8.29. The zero-order valence-electron chi connectivity index (χ0n) is 7.59. The van der Waals surface area contributed by atoms with Crippen LogP contribution in [0.2, 0.25) is 0 Å². The van der Waals surface area contributed by atoms with Gasteiger partial charge in [0.1, 0.15) is 5.76 Å². The minimum atomic E-state index is -0.146. The number of nitrogens with zero attached hydrogens (tertiary/aromatic N) is 1. The van der Waals surface area contributed by atoms with Gasteiger partial charge < -0.3 is 9.84 Å². The Bertz CT molecular complexity index is 330. The van der Waals surface area contributed by atoms with Crippen molar-refractivity contribution in [2.24, 2.45) is 0 Å². The number of hydrogen-bond donors (Lipinski definition) is 1. The van der Waals surface area contributed by atoms with E-state index < -0.39 is 0 Å². The first-order chi connectivity index (χ1) is 6.33. The number of hydrogen-bond acceptors (Lipinski definition) is 3. The Labute approximate surface area is 76.3 Å². The highest BCUT2D eigenvalue weighted by Crippen LogP contribution is 2.23. The summed E-state index contributed by atoms with van der Waals surface area (Å²) >= 11 is 0. The maximum atomic E-state index is 11.3. The smallest absolute Gasteiger partial charge is 0.273 e. The summed E-state index contributed by atoms with van der Waals surface area (Å²) in [4.78, 5) is 11.3. The summed E-state index contributed by atoms with van der Waals surface area (Å²) in [5.74, 6) is 0.747. The van der Waals surface area contributed by atoms with Crippen LogP contribution in [0.15, 0.2) is 4.52 Å². The minimum Gasteiger partial charge on any atom is -0.360 e. The molecule has 4 heteroatoms. The maximum absolute atomic E-state index is 11.3. The van der Waals surface area contributed by atoms with Crippen molar-refractivity contribution in [1.82, 2.24) is 10.5 Å². The van der Waals surface area contributed by atoms with E-state index in [9.17, 15) is 4.79 Å². The molecule has 0 saturated heterocycles. The molecule has 0 aromatic carbocycles. The lowest BCUT2D eigenvalue weighted by atomic mass is 9.96. The Hall–Kier alpha value is -1.32. The van der Waals surface area contributed by atoms with E-state index in [0.717, 1.165) is 37.0 Å². The standard InChI is InChI=1S/C9H12N2O2/c1-10-9(12)8-6-4-2-3-5-7(6)13-11-8/h2-5H2,1H3,(H,10,12). The second-order valence-electron chi connectivity index (χ2n) is 3.22. The topological polar surface area (TPSA) is 55.1 Å². The molecule has 0 fully saturated rings. The van der Waals surface area contributed by atoms with Gasteiger partial charge in [0.15, 0.2) is 5.69 Å². The van der Waals surface area contributed by atoms with E-state index in [1.165, 1.54) is 0 Å². The molecule has 13 heavy (non-hydrogen) atoms. The molecule has 70 valence electrons. The lowest BCUT2D eigenvalue weighted by molar-refractivity contribution is 0.0953. The van der Waals surface area contributed by atoms with Crippen LogP contribution in [0.5, 0.6) is 0 Å². The van der Waals surface area contributed by atoms with Gasteiger partial charge in [-0.05, 0) is 19.3 Å². The average molecular weight is 180 g/mol. The third-order valence-electron chi connectivity index (χ3n) is 2.39. The van der Waals surface area contributed by atoms with E-state index in [2.05, 4.69) is 10.5 Å². The van der Waals surface area contributed by atoms with Crippen molar-refractivity contribution in [3.8, 4) is 0 Å². The fraction of sp³-hybridized carbons (Fsp3) is 0.556. The largest absolute Gasteiger partial charge is 0.360 e. The van der Waals surface area contributed by atoms with Gasteiger partial charge in [0.05, 0.1) is 0 Å². The molecule has 1 aromatic heterocycles. The molecule has 0 unspecified atom stereocenters. The van der Waals surface area contributed by atoms with Gasteiger partial charge in [-0.2, -0.15) is 0 Å². The van der Waals surface area contributed by atoms with Gasteiger partial charge in [0.2, 0.25) is 0 Å². The number of carbonyl (C=O) groups excluding carboxylic acids is 1. The van der Waals surface area contributed by atoms with Crippen molar-refractivity contribution in [1.29, 1.82) is 0 Å². The third kappa shape index (κ3) is 1.32. The predicted octanol–water partition coefficient (Wildman–Crippen LogP) is 0.913.